The fourth-order valence-corrected chi connectivity index (χ4v) is 3.59. The van der Waals surface area contributed by atoms with Gasteiger partial charge < -0.3 is 15.4 Å². The van der Waals surface area contributed by atoms with Crippen molar-refractivity contribution in [2.24, 2.45) is 13.0 Å². The normalized spacial score (nSPS) is 19.2. The first-order valence-corrected chi connectivity index (χ1v) is 9.40. The van der Waals surface area contributed by atoms with E-state index in [0.29, 0.717) is 16.7 Å². The van der Waals surface area contributed by atoms with Crippen molar-refractivity contribution in [3.63, 3.8) is 0 Å². The van der Waals surface area contributed by atoms with Crippen molar-refractivity contribution >= 4 is 16.8 Å². The van der Waals surface area contributed by atoms with E-state index in [1.165, 1.54) is 4.68 Å². The molecule has 2 atom stereocenters. The van der Waals surface area contributed by atoms with Crippen LogP contribution in [0.1, 0.15) is 16.2 Å². The highest BCUT2D eigenvalue weighted by Crippen LogP contribution is 2.31. The molecule has 2 aromatic heterocycles. The fourth-order valence-electron chi connectivity index (χ4n) is 3.59. The lowest BCUT2D eigenvalue weighted by Crippen LogP contribution is -2.45. The third kappa shape index (κ3) is 4.09. The lowest BCUT2D eigenvalue weighted by atomic mass is 10.0. The van der Waals surface area contributed by atoms with Crippen molar-refractivity contribution in [3.05, 3.63) is 54.0 Å². The molecule has 1 aromatic carbocycles. The molecule has 3 aromatic rings. The number of hydrogen-bond donors (Lipinski definition) is 2. The molecule has 0 spiro atoms. The molecular weight excluding hydrogens is 399 g/mol. The Morgan fingerprint density at radius 1 is 1.30 bits per heavy atom. The second-order valence-electron chi connectivity index (χ2n) is 7.15. The molecule has 2 N–H and O–H groups in total. The van der Waals surface area contributed by atoms with Crippen LogP contribution in [0.4, 0.5) is 13.2 Å². The first-order chi connectivity index (χ1) is 14.3. The number of ether oxygens (including phenoxy) is 1. The standard InChI is InChI=1S/C20H20F3N5O2/c1-28-18(19(29)26-17-10-24-9-15(17)20(21,22)23)14-8-13(5-6-16(14)27-28)30-11-12-4-2-3-7-25-12/h2-8,15,17,24H,9-11H2,1H3,(H,26,29). The Morgan fingerprint density at radius 2 is 2.13 bits per heavy atom. The van der Waals surface area contributed by atoms with E-state index in [4.69, 9.17) is 4.74 Å². The second-order valence-corrected chi connectivity index (χ2v) is 7.15. The molecule has 2 unspecified atom stereocenters. The average Bonchev–Trinajstić information content (AvgIpc) is 3.30. The summed E-state index contributed by atoms with van der Waals surface area (Å²) in [6, 6.07) is 9.54. The van der Waals surface area contributed by atoms with Gasteiger partial charge in [-0.3, -0.25) is 14.5 Å². The maximum absolute atomic E-state index is 13.2. The summed E-state index contributed by atoms with van der Waals surface area (Å²) < 4.78 is 46.7. The first kappa shape index (κ1) is 20.1. The maximum Gasteiger partial charge on any atom is 0.395 e. The molecule has 0 saturated carbocycles. The van der Waals surface area contributed by atoms with Crippen molar-refractivity contribution in [2.45, 2.75) is 18.8 Å². The maximum atomic E-state index is 13.2. The molecule has 7 nitrogen and oxygen atoms in total. The Kier molecular flexibility index (Phi) is 5.33. The predicted molar refractivity (Wildman–Crippen MR) is 103 cm³/mol. The van der Waals surface area contributed by atoms with Crippen LogP contribution in [0, 0.1) is 5.92 Å². The van der Waals surface area contributed by atoms with Gasteiger partial charge in [0.25, 0.3) is 5.91 Å². The minimum absolute atomic E-state index is 0.0597. The Hall–Kier alpha value is -3.14. The topological polar surface area (TPSA) is 81.1 Å². The number of aryl methyl sites for hydroxylation is 1. The molecule has 4 rings (SSSR count). The van der Waals surface area contributed by atoms with Gasteiger partial charge in [-0.25, -0.2) is 0 Å². The Bertz CT molecular complexity index is 1050. The van der Waals surface area contributed by atoms with Crippen molar-refractivity contribution < 1.29 is 22.7 Å². The fraction of sp³-hybridized carbons (Fsp3) is 0.350. The zero-order chi connectivity index (χ0) is 21.3. The van der Waals surface area contributed by atoms with E-state index in [2.05, 4.69) is 20.7 Å². The van der Waals surface area contributed by atoms with Gasteiger partial charge in [0.05, 0.1) is 23.2 Å². The van der Waals surface area contributed by atoms with Crippen molar-refractivity contribution in [3.8, 4) is 5.75 Å². The number of fused-ring (bicyclic) bond motifs is 1. The molecule has 10 heteroatoms. The van der Waals surface area contributed by atoms with E-state index >= 15 is 0 Å². The molecule has 1 fully saturated rings. The molecule has 158 valence electrons. The quantitative estimate of drug-likeness (QED) is 0.664. The smallest absolute Gasteiger partial charge is 0.395 e. The molecular formula is C20H20F3N5O2. The van der Waals surface area contributed by atoms with E-state index in [1.807, 2.05) is 12.1 Å². The number of amides is 1. The lowest BCUT2D eigenvalue weighted by molar-refractivity contribution is -0.173. The number of alkyl halides is 3. The van der Waals surface area contributed by atoms with Gasteiger partial charge in [0.2, 0.25) is 0 Å². The van der Waals surface area contributed by atoms with Crippen LogP contribution in [0.25, 0.3) is 10.9 Å². The zero-order valence-electron chi connectivity index (χ0n) is 16.1. The van der Waals surface area contributed by atoms with Gasteiger partial charge in [0.15, 0.2) is 0 Å². The number of nitrogens with one attached hydrogen (secondary N) is 2. The molecule has 1 amide bonds. The van der Waals surface area contributed by atoms with E-state index < -0.39 is 24.0 Å². The summed E-state index contributed by atoms with van der Waals surface area (Å²) in [6.07, 6.45) is -2.72. The van der Waals surface area contributed by atoms with Crippen LogP contribution in [0.5, 0.6) is 5.75 Å². The largest absolute Gasteiger partial charge is 0.487 e. The number of aromatic nitrogens is 3. The van der Waals surface area contributed by atoms with Gasteiger partial charge in [-0.1, -0.05) is 6.07 Å². The van der Waals surface area contributed by atoms with Gasteiger partial charge in [-0.15, -0.1) is 0 Å². The first-order valence-electron chi connectivity index (χ1n) is 9.40. The van der Waals surface area contributed by atoms with Gasteiger partial charge in [0.1, 0.15) is 18.1 Å². The third-order valence-corrected chi connectivity index (χ3v) is 5.08. The van der Waals surface area contributed by atoms with E-state index in [-0.39, 0.29) is 25.4 Å². The number of hydrogen-bond acceptors (Lipinski definition) is 5. The van der Waals surface area contributed by atoms with E-state index in [9.17, 15) is 18.0 Å². The number of halogens is 3. The lowest BCUT2D eigenvalue weighted by Gasteiger charge is -2.22. The number of benzene rings is 1. The summed E-state index contributed by atoms with van der Waals surface area (Å²) in [5, 5.41) is 9.99. The number of pyridine rings is 1. The van der Waals surface area contributed by atoms with Gasteiger partial charge in [-0.2, -0.15) is 18.3 Å². The molecule has 3 heterocycles. The SMILES string of the molecule is Cn1nc2ccc(OCc3ccccn3)cc2c1C(=O)NC1CNCC1C(F)(F)F. The molecule has 0 bridgehead atoms. The number of rotatable bonds is 5. The van der Waals surface area contributed by atoms with Gasteiger partial charge in [0, 0.05) is 31.7 Å². The van der Waals surface area contributed by atoms with Crippen LogP contribution in [0.2, 0.25) is 0 Å². The van der Waals surface area contributed by atoms with Crippen LogP contribution >= 0.6 is 0 Å². The van der Waals surface area contributed by atoms with Crippen LogP contribution in [-0.4, -0.2) is 46.0 Å². The molecule has 1 saturated heterocycles. The second kappa shape index (κ2) is 7.94. The Morgan fingerprint density at radius 3 is 2.87 bits per heavy atom. The van der Waals surface area contributed by atoms with E-state index in [0.717, 1.165) is 5.69 Å². The highest BCUT2D eigenvalue weighted by atomic mass is 19.4. The molecule has 1 aliphatic rings. The Labute approximate surface area is 170 Å². The highest BCUT2D eigenvalue weighted by Gasteiger charge is 2.47. The predicted octanol–water partition coefficient (Wildman–Crippen LogP) is 2.43. The summed E-state index contributed by atoms with van der Waals surface area (Å²) in [4.78, 5) is 17.0. The summed E-state index contributed by atoms with van der Waals surface area (Å²) in [5.41, 5.74) is 1.47. The highest BCUT2D eigenvalue weighted by molar-refractivity contribution is 6.05. The van der Waals surface area contributed by atoms with Crippen molar-refractivity contribution in [1.29, 1.82) is 0 Å². The molecule has 1 aliphatic heterocycles. The third-order valence-electron chi connectivity index (χ3n) is 5.08. The van der Waals surface area contributed by atoms with Crippen LogP contribution < -0.4 is 15.4 Å². The number of carbonyl (C=O) groups excluding carboxylic acids is 1. The van der Waals surface area contributed by atoms with E-state index in [1.54, 1.807) is 37.5 Å². The molecule has 30 heavy (non-hydrogen) atoms. The Balaban J connectivity index is 1.55. The summed E-state index contributed by atoms with van der Waals surface area (Å²) >= 11 is 0. The summed E-state index contributed by atoms with van der Waals surface area (Å²) in [6.45, 7) is 0.0887. The van der Waals surface area contributed by atoms with Crippen LogP contribution in [-0.2, 0) is 13.7 Å². The van der Waals surface area contributed by atoms with Crippen LogP contribution in [0.15, 0.2) is 42.6 Å². The monoisotopic (exact) mass is 419 g/mol. The zero-order valence-corrected chi connectivity index (χ0v) is 16.1. The van der Waals surface area contributed by atoms with Gasteiger partial charge in [-0.05, 0) is 30.3 Å². The minimum Gasteiger partial charge on any atom is -0.487 e. The van der Waals surface area contributed by atoms with Gasteiger partial charge >= 0.3 is 6.18 Å². The van der Waals surface area contributed by atoms with Crippen molar-refractivity contribution in [2.75, 3.05) is 13.1 Å². The molecule has 0 aliphatic carbocycles. The number of carbonyl (C=O) groups is 1. The minimum atomic E-state index is -4.39. The van der Waals surface area contributed by atoms with Crippen LogP contribution in [0.3, 0.4) is 0 Å². The summed E-state index contributed by atoms with van der Waals surface area (Å²) in [5.74, 6) is -1.73. The summed E-state index contributed by atoms with van der Waals surface area (Å²) in [7, 11) is 1.58. The van der Waals surface area contributed by atoms with Crippen molar-refractivity contribution in [1.82, 2.24) is 25.4 Å². The average molecular weight is 419 g/mol. The molecule has 0 radical (unpaired) electrons. The number of nitrogens with zero attached hydrogens (tertiary/aromatic N) is 3.